The maximum absolute atomic E-state index is 11.0. The van der Waals surface area contributed by atoms with E-state index in [1.54, 1.807) is 6.07 Å². The van der Waals surface area contributed by atoms with Crippen molar-refractivity contribution in [2.24, 2.45) is 17.6 Å². The molecule has 0 amide bonds. The number of benzene rings is 1. The molecule has 1 rings (SSSR count). The van der Waals surface area contributed by atoms with E-state index in [1.165, 1.54) is 0 Å². The fraction of sp³-hybridized carbons (Fsp3) is 0.533. The van der Waals surface area contributed by atoms with Gasteiger partial charge in [0.1, 0.15) is 0 Å². The molecule has 2 unspecified atom stereocenters. The Balaban J connectivity index is 2.58. The number of carboxylic acid groups (broad SMARTS) is 1. The Morgan fingerprint density at radius 3 is 2.35 bits per heavy atom. The first-order chi connectivity index (χ1) is 9.46. The van der Waals surface area contributed by atoms with Gasteiger partial charge in [-0.3, -0.25) is 4.79 Å². The molecule has 1 aromatic rings. The number of hydrogen-bond donors (Lipinski definition) is 2. The third-order valence-electron chi connectivity index (χ3n) is 3.59. The molecule has 0 heterocycles. The summed E-state index contributed by atoms with van der Waals surface area (Å²) in [6, 6.07) is 5.51. The second-order valence-corrected chi connectivity index (χ2v) is 5.97. The summed E-state index contributed by atoms with van der Waals surface area (Å²) in [4.78, 5) is 11.0. The molecule has 0 bridgehead atoms. The Labute approximate surface area is 130 Å². The second kappa shape index (κ2) is 8.50. The molecule has 2 atom stereocenters. The fourth-order valence-corrected chi connectivity index (χ4v) is 2.89. The molecule has 0 aromatic heterocycles. The minimum Gasteiger partial charge on any atom is -0.481 e. The zero-order chi connectivity index (χ0) is 15.1. The highest BCUT2D eigenvalue weighted by Crippen LogP contribution is 2.24. The third-order valence-corrected chi connectivity index (χ3v) is 4.03. The van der Waals surface area contributed by atoms with Crippen molar-refractivity contribution in [1.29, 1.82) is 0 Å². The molecule has 112 valence electrons. The standard InChI is InChI=1S/C15H21Cl2NO2/c1-2-10(5-12(9-18)15(19)20)3-4-11-6-13(16)8-14(17)7-11/h6-8,10,12H,2-5,9,18H2,1H3,(H,19,20). The van der Waals surface area contributed by atoms with E-state index in [0.29, 0.717) is 22.4 Å². The smallest absolute Gasteiger partial charge is 0.307 e. The maximum atomic E-state index is 11.0. The highest BCUT2D eigenvalue weighted by molar-refractivity contribution is 6.34. The van der Waals surface area contributed by atoms with E-state index >= 15 is 0 Å². The summed E-state index contributed by atoms with van der Waals surface area (Å²) in [5.74, 6) is -0.919. The van der Waals surface area contributed by atoms with Gasteiger partial charge in [0, 0.05) is 16.6 Å². The van der Waals surface area contributed by atoms with Crippen molar-refractivity contribution < 1.29 is 9.90 Å². The van der Waals surface area contributed by atoms with Crippen LogP contribution in [0.1, 0.15) is 31.7 Å². The number of halogens is 2. The van der Waals surface area contributed by atoms with Crippen LogP contribution in [0.5, 0.6) is 0 Å². The predicted molar refractivity (Wildman–Crippen MR) is 83.4 cm³/mol. The summed E-state index contributed by atoms with van der Waals surface area (Å²) < 4.78 is 0. The van der Waals surface area contributed by atoms with E-state index in [2.05, 4.69) is 6.92 Å². The van der Waals surface area contributed by atoms with Crippen molar-refractivity contribution in [3.63, 3.8) is 0 Å². The first-order valence-corrected chi connectivity index (χ1v) is 7.59. The molecule has 0 spiro atoms. The minimum atomic E-state index is -0.809. The lowest BCUT2D eigenvalue weighted by atomic mass is 9.88. The van der Waals surface area contributed by atoms with E-state index in [0.717, 1.165) is 24.8 Å². The van der Waals surface area contributed by atoms with Gasteiger partial charge in [0.2, 0.25) is 0 Å². The van der Waals surface area contributed by atoms with Gasteiger partial charge in [0.25, 0.3) is 0 Å². The second-order valence-electron chi connectivity index (χ2n) is 5.10. The van der Waals surface area contributed by atoms with Crippen LogP contribution in [0.4, 0.5) is 0 Å². The SMILES string of the molecule is CCC(CCc1cc(Cl)cc(Cl)c1)CC(CN)C(=O)O. The van der Waals surface area contributed by atoms with Crippen molar-refractivity contribution in [2.75, 3.05) is 6.54 Å². The first kappa shape index (κ1) is 17.3. The van der Waals surface area contributed by atoms with Crippen LogP contribution in [-0.2, 0) is 11.2 Å². The number of aliphatic carboxylic acids is 1. The average Bonchev–Trinajstić information content (AvgIpc) is 2.37. The van der Waals surface area contributed by atoms with Crippen LogP contribution < -0.4 is 5.73 Å². The highest BCUT2D eigenvalue weighted by atomic mass is 35.5. The van der Waals surface area contributed by atoms with Crippen LogP contribution in [0, 0.1) is 11.8 Å². The van der Waals surface area contributed by atoms with E-state index in [4.69, 9.17) is 34.0 Å². The number of carbonyl (C=O) groups is 1. The zero-order valence-electron chi connectivity index (χ0n) is 11.6. The number of aryl methyl sites for hydroxylation is 1. The summed E-state index contributed by atoms with van der Waals surface area (Å²) in [5.41, 5.74) is 6.59. The van der Waals surface area contributed by atoms with Gasteiger partial charge >= 0.3 is 5.97 Å². The number of rotatable bonds is 8. The van der Waals surface area contributed by atoms with Crippen LogP contribution in [-0.4, -0.2) is 17.6 Å². The normalized spacial score (nSPS) is 14.0. The lowest BCUT2D eigenvalue weighted by Crippen LogP contribution is -2.25. The summed E-state index contributed by atoms with van der Waals surface area (Å²) >= 11 is 11.9. The molecule has 0 saturated carbocycles. The van der Waals surface area contributed by atoms with Crippen LogP contribution in [0.3, 0.4) is 0 Å². The lowest BCUT2D eigenvalue weighted by molar-refractivity contribution is -0.142. The zero-order valence-corrected chi connectivity index (χ0v) is 13.1. The molecule has 0 saturated heterocycles. The quantitative estimate of drug-likeness (QED) is 0.761. The highest BCUT2D eigenvalue weighted by Gasteiger charge is 2.20. The minimum absolute atomic E-state index is 0.189. The van der Waals surface area contributed by atoms with Crippen LogP contribution in [0.25, 0.3) is 0 Å². The van der Waals surface area contributed by atoms with Crippen molar-refractivity contribution in [3.8, 4) is 0 Å². The topological polar surface area (TPSA) is 63.3 Å². The summed E-state index contributed by atoms with van der Waals surface area (Å²) in [6.45, 7) is 2.26. The molecule has 0 aliphatic heterocycles. The lowest BCUT2D eigenvalue weighted by Gasteiger charge is -2.19. The third kappa shape index (κ3) is 5.70. The average molecular weight is 318 g/mol. The Kier molecular flexibility index (Phi) is 7.35. The van der Waals surface area contributed by atoms with Crippen LogP contribution in [0.2, 0.25) is 10.0 Å². The first-order valence-electron chi connectivity index (χ1n) is 6.84. The van der Waals surface area contributed by atoms with E-state index in [9.17, 15) is 4.79 Å². The van der Waals surface area contributed by atoms with Gasteiger partial charge in [-0.25, -0.2) is 0 Å². The van der Waals surface area contributed by atoms with Gasteiger partial charge in [-0.2, -0.15) is 0 Å². The van der Waals surface area contributed by atoms with Crippen molar-refractivity contribution in [2.45, 2.75) is 32.6 Å². The van der Waals surface area contributed by atoms with Crippen LogP contribution >= 0.6 is 23.2 Å². The molecule has 0 aliphatic carbocycles. The molecule has 3 nitrogen and oxygen atoms in total. The molecule has 20 heavy (non-hydrogen) atoms. The predicted octanol–water partition coefficient (Wildman–Crippen LogP) is 4.00. The Morgan fingerprint density at radius 2 is 1.90 bits per heavy atom. The van der Waals surface area contributed by atoms with Crippen molar-refractivity contribution >= 4 is 29.2 Å². The Hall–Kier alpha value is -0.770. The van der Waals surface area contributed by atoms with Gasteiger partial charge in [0.15, 0.2) is 0 Å². The van der Waals surface area contributed by atoms with Crippen molar-refractivity contribution in [1.82, 2.24) is 0 Å². The molecule has 5 heteroatoms. The summed E-state index contributed by atoms with van der Waals surface area (Å²) in [6.07, 6.45) is 3.32. The van der Waals surface area contributed by atoms with E-state index in [1.807, 2.05) is 12.1 Å². The summed E-state index contributed by atoms with van der Waals surface area (Å²) in [7, 11) is 0. The molecular formula is C15H21Cl2NO2. The number of carboxylic acids is 1. The molecule has 0 fully saturated rings. The van der Waals surface area contributed by atoms with E-state index < -0.39 is 11.9 Å². The molecule has 0 radical (unpaired) electrons. The fourth-order valence-electron chi connectivity index (χ4n) is 2.31. The van der Waals surface area contributed by atoms with Gasteiger partial charge in [0.05, 0.1) is 5.92 Å². The molecular weight excluding hydrogens is 297 g/mol. The molecule has 3 N–H and O–H groups in total. The van der Waals surface area contributed by atoms with E-state index in [-0.39, 0.29) is 6.54 Å². The summed E-state index contributed by atoms with van der Waals surface area (Å²) in [5, 5.41) is 10.3. The van der Waals surface area contributed by atoms with Gasteiger partial charge < -0.3 is 10.8 Å². The molecule has 1 aromatic carbocycles. The Morgan fingerprint density at radius 1 is 1.30 bits per heavy atom. The monoisotopic (exact) mass is 317 g/mol. The number of nitrogens with two attached hydrogens (primary N) is 1. The van der Waals surface area contributed by atoms with Gasteiger partial charge in [-0.05, 0) is 48.9 Å². The number of hydrogen-bond acceptors (Lipinski definition) is 2. The maximum Gasteiger partial charge on any atom is 0.307 e. The van der Waals surface area contributed by atoms with Crippen LogP contribution in [0.15, 0.2) is 18.2 Å². The van der Waals surface area contributed by atoms with Gasteiger partial charge in [-0.15, -0.1) is 0 Å². The molecule has 0 aliphatic rings. The largest absolute Gasteiger partial charge is 0.481 e. The Bertz CT molecular complexity index is 431. The van der Waals surface area contributed by atoms with Gasteiger partial charge in [-0.1, -0.05) is 36.5 Å². The van der Waals surface area contributed by atoms with Crippen molar-refractivity contribution in [3.05, 3.63) is 33.8 Å².